The summed E-state index contributed by atoms with van der Waals surface area (Å²) in [6.07, 6.45) is 1.81. The average molecular weight is 269 g/mol. The summed E-state index contributed by atoms with van der Waals surface area (Å²) in [7, 11) is 1.82. The quantitative estimate of drug-likeness (QED) is 0.771. The number of aromatic carboxylic acids is 1. The van der Waals surface area contributed by atoms with Crippen molar-refractivity contribution in [1.82, 2.24) is 4.57 Å². The Hall–Kier alpha value is -2.62. The summed E-state index contributed by atoms with van der Waals surface area (Å²) < 4.78 is 15.7. The van der Waals surface area contributed by atoms with E-state index in [9.17, 15) is 9.18 Å². The van der Waals surface area contributed by atoms with Gasteiger partial charge >= 0.3 is 5.97 Å². The van der Waals surface area contributed by atoms with E-state index in [1.807, 2.05) is 17.8 Å². The summed E-state index contributed by atoms with van der Waals surface area (Å²) in [6.45, 7) is 0. The van der Waals surface area contributed by atoms with Crippen molar-refractivity contribution in [3.05, 3.63) is 60.0 Å². The molecule has 0 saturated heterocycles. The van der Waals surface area contributed by atoms with E-state index in [-0.39, 0.29) is 11.4 Å². The minimum absolute atomic E-state index is 0.221. The topological polar surface area (TPSA) is 42.2 Å². The number of aromatic nitrogens is 1. The molecule has 0 atom stereocenters. The molecule has 0 aliphatic rings. The average Bonchev–Trinajstić information content (AvgIpc) is 2.76. The Labute approximate surface area is 114 Å². The van der Waals surface area contributed by atoms with Crippen LogP contribution in [0.4, 0.5) is 4.39 Å². The smallest absolute Gasteiger partial charge is 0.335 e. The first-order valence-corrected chi connectivity index (χ1v) is 6.15. The number of rotatable bonds is 2. The second-order valence-corrected chi connectivity index (χ2v) is 4.67. The van der Waals surface area contributed by atoms with E-state index in [2.05, 4.69) is 0 Å². The molecular weight excluding hydrogens is 257 g/mol. The molecule has 0 fully saturated rings. The molecule has 3 aromatic rings. The van der Waals surface area contributed by atoms with Gasteiger partial charge in [-0.05, 0) is 18.2 Å². The number of benzene rings is 2. The first-order valence-electron chi connectivity index (χ1n) is 6.15. The highest BCUT2D eigenvalue weighted by atomic mass is 19.1. The second-order valence-electron chi connectivity index (χ2n) is 4.67. The molecule has 4 heteroatoms. The molecular formula is C16H12FNO2. The molecule has 0 aliphatic heterocycles. The van der Waals surface area contributed by atoms with Gasteiger partial charge in [0.15, 0.2) is 0 Å². The predicted octanol–water partition coefficient (Wildman–Crippen LogP) is 3.68. The van der Waals surface area contributed by atoms with Crippen LogP contribution in [0.3, 0.4) is 0 Å². The minimum atomic E-state index is -0.972. The van der Waals surface area contributed by atoms with Crippen LogP contribution >= 0.6 is 0 Å². The number of hydrogen-bond acceptors (Lipinski definition) is 1. The Kier molecular flexibility index (Phi) is 2.79. The van der Waals surface area contributed by atoms with E-state index >= 15 is 0 Å². The molecule has 0 amide bonds. The van der Waals surface area contributed by atoms with E-state index in [0.717, 1.165) is 16.5 Å². The molecule has 0 bridgehead atoms. The molecule has 1 aromatic heterocycles. The molecule has 2 aromatic carbocycles. The van der Waals surface area contributed by atoms with Crippen LogP contribution in [0.15, 0.2) is 48.7 Å². The molecule has 100 valence electrons. The maximum Gasteiger partial charge on any atom is 0.335 e. The molecule has 3 rings (SSSR count). The zero-order chi connectivity index (χ0) is 14.3. The van der Waals surface area contributed by atoms with Gasteiger partial charge in [0.2, 0.25) is 0 Å². The van der Waals surface area contributed by atoms with Gasteiger partial charge in [-0.1, -0.05) is 24.3 Å². The van der Waals surface area contributed by atoms with Crippen molar-refractivity contribution >= 4 is 16.9 Å². The third-order valence-corrected chi connectivity index (χ3v) is 3.40. The number of hydrogen-bond donors (Lipinski definition) is 1. The number of carbonyl (C=O) groups is 1. The maximum absolute atomic E-state index is 13.9. The lowest BCUT2D eigenvalue weighted by Gasteiger charge is -2.01. The van der Waals surface area contributed by atoms with Crippen LogP contribution in [-0.2, 0) is 7.05 Å². The van der Waals surface area contributed by atoms with Gasteiger partial charge < -0.3 is 9.67 Å². The molecule has 0 saturated carbocycles. The van der Waals surface area contributed by atoms with Crippen LogP contribution in [0.25, 0.3) is 22.0 Å². The highest BCUT2D eigenvalue weighted by Crippen LogP contribution is 2.32. The standard InChI is InChI=1S/C16H12FNO2/c1-18-9-13(11-4-2-3-5-14(11)17)12-7-6-10(16(19)20)8-15(12)18/h2-9H,1H3,(H,19,20). The Bertz CT molecular complexity index is 820. The lowest BCUT2D eigenvalue weighted by molar-refractivity contribution is 0.0697. The number of carboxylic acids is 1. The molecule has 3 nitrogen and oxygen atoms in total. The Morgan fingerprint density at radius 3 is 2.60 bits per heavy atom. The van der Waals surface area contributed by atoms with Crippen LogP contribution < -0.4 is 0 Å². The summed E-state index contributed by atoms with van der Waals surface area (Å²) >= 11 is 0. The van der Waals surface area contributed by atoms with Crippen molar-refractivity contribution in [1.29, 1.82) is 0 Å². The van der Waals surface area contributed by atoms with Gasteiger partial charge in [-0.2, -0.15) is 0 Å². The van der Waals surface area contributed by atoms with Crippen molar-refractivity contribution < 1.29 is 14.3 Å². The molecule has 0 radical (unpaired) electrons. The van der Waals surface area contributed by atoms with Crippen molar-refractivity contribution in [3.8, 4) is 11.1 Å². The third kappa shape index (κ3) is 1.86. The summed E-state index contributed by atoms with van der Waals surface area (Å²) in [4.78, 5) is 11.0. The van der Waals surface area contributed by atoms with Gasteiger partial charge in [0.25, 0.3) is 0 Å². The summed E-state index contributed by atoms with van der Waals surface area (Å²) in [5.74, 6) is -1.26. The molecule has 1 N–H and O–H groups in total. The van der Waals surface area contributed by atoms with Gasteiger partial charge in [0.05, 0.1) is 5.56 Å². The van der Waals surface area contributed by atoms with Crippen molar-refractivity contribution in [2.24, 2.45) is 7.05 Å². The lowest BCUT2D eigenvalue weighted by atomic mass is 10.0. The third-order valence-electron chi connectivity index (χ3n) is 3.40. The molecule has 0 spiro atoms. The first kappa shape index (κ1) is 12.4. The summed E-state index contributed by atoms with van der Waals surface area (Å²) in [5.41, 5.74) is 2.26. The van der Waals surface area contributed by atoms with E-state index < -0.39 is 5.97 Å². The van der Waals surface area contributed by atoms with Crippen molar-refractivity contribution in [3.63, 3.8) is 0 Å². The van der Waals surface area contributed by atoms with Gasteiger partial charge in [-0.15, -0.1) is 0 Å². The minimum Gasteiger partial charge on any atom is -0.478 e. The highest BCUT2D eigenvalue weighted by molar-refractivity contribution is 6.00. The number of aryl methyl sites for hydroxylation is 1. The lowest BCUT2D eigenvalue weighted by Crippen LogP contribution is -1.96. The molecule has 20 heavy (non-hydrogen) atoms. The fourth-order valence-corrected chi connectivity index (χ4v) is 2.41. The fraction of sp³-hybridized carbons (Fsp3) is 0.0625. The zero-order valence-electron chi connectivity index (χ0n) is 10.8. The number of carboxylic acid groups (broad SMARTS) is 1. The Morgan fingerprint density at radius 1 is 1.15 bits per heavy atom. The van der Waals surface area contributed by atoms with Crippen LogP contribution in [0.1, 0.15) is 10.4 Å². The van der Waals surface area contributed by atoms with E-state index in [1.54, 1.807) is 30.3 Å². The normalized spacial score (nSPS) is 10.9. The van der Waals surface area contributed by atoms with Crippen LogP contribution in [-0.4, -0.2) is 15.6 Å². The number of fused-ring (bicyclic) bond motifs is 1. The fourth-order valence-electron chi connectivity index (χ4n) is 2.41. The van der Waals surface area contributed by atoms with E-state index in [4.69, 9.17) is 5.11 Å². The monoisotopic (exact) mass is 269 g/mol. The SMILES string of the molecule is Cn1cc(-c2ccccc2F)c2ccc(C(=O)O)cc21. The Morgan fingerprint density at radius 2 is 1.90 bits per heavy atom. The maximum atomic E-state index is 13.9. The van der Waals surface area contributed by atoms with Crippen molar-refractivity contribution in [2.45, 2.75) is 0 Å². The molecule has 0 unspecified atom stereocenters. The predicted molar refractivity (Wildman–Crippen MR) is 75.3 cm³/mol. The molecule has 1 heterocycles. The van der Waals surface area contributed by atoms with Crippen LogP contribution in [0.2, 0.25) is 0 Å². The van der Waals surface area contributed by atoms with Crippen molar-refractivity contribution in [2.75, 3.05) is 0 Å². The molecule has 0 aliphatic carbocycles. The van der Waals surface area contributed by atoms with Gasteiger partial charge in [-0.3, -0.25) is 0 Å². The van der Waals surface area contributed by atoms with Crippen LogP contribution in [0.5, 0.6) is 0 Å². The van der Waals surface area contributed by atoms with E-state index in [0.29, 0.717) is 5.56 Å². The Balaban J connectivity index is 2.29. The largest absolute Gasteiger partial charge is 0.478 e. The van der Waals surface area contributed by atoms with Gasteiger partial charge in [0, 0.05) is 35.3 Å². The highest BCUT2D eigenvalue weighted by Gasteiger charge is 2.13. The number of nitrogens with zero attached hydrogens (tertiary/aromatic N) is 1. The van der Waals surface area contributed by atoms with E-state index in [1.165, 1.54) is 12.1 Å². The first-order chi connectivity index (χ1) is 9.58. The van der Waals surface area contributed by atoms with Gasteiger partial charge in [-0.25, -0.2) is 9.18 Å². The van der Waals surface area contributed by atoms with Gasteiger partial charge in [0.1, 0.15) is 5.82 Å². The van der Waals surface area contributed by atoms with Crippen LogP contribution in [0, 0.1) is 5.82 Å². The number of halogens is 1. The summed E-state index contributed by atoms with van der Waals surface area (Å²) in [6, 6.07) is 11.4. The second kappa shape index (κ2) is 4.49. The summed E-state index contributed by atoms with van der Waals surface area (Å²) in [5, 5.41) is 9.87. The zero-order valence-corrected chi connectivity index (χ0v) is 10.8.